The molecule has 8 heteroatoms. The van der Waals surface area contributed by atoms with Crippen LogP contribution in [-0.2, 0) is 7.05 Å². The highest BCUT2D eigenvalue weighted by Crippen LogP contribution is 2.30. The highest BCUT2D eigenvalue weighted by Gasteiger charge is 2.23. The fourth-order valence-electron chi connectivity index (χ4n) is 1.64. The van der Waals surface area contributed by atoms with Gasteiger partial charge in [0.2, 0.25) is 5.95 Å². The summed E-state index contributed by atoms with van der Waals surface area (Å²) in [7, 11) is 3.40. The van der Waals surface area contributed by atoms with Crippen molar-refractivity contribution in [3.8, 4) is 11.3 Å². The predicted molar refractivity (Wildman–Crippen MR) is 65.2 cm³/mol. The Balaban J connectivity index is 2.70. The second kappa shape index (κ2) is 4.40. The average molecular weight is 248 g/mol. The van der Waals surface area contributed by atoms with Crippen molar-refractivity contribution >= 4 is 11.6 Å². The maximum Gasteiger partial charge on any atom is 0.316 e. The van der Waals surface area contributed by atoms with Crippen LogP contribution in [0.15, 0.2) is 12.4 Å². The highest BCUT2D eigenvalue weighted by atomic mass is 16.6. The van der Waals surface area contributed by atoms with Gasteiger partial charge in [0.05, 0.1) is 11.1 Å². The van der Waals surface area contributed by atoms with Crippen LogP contribution in [0.4, 0.5) is 11.6 Å². The van der Waals surface area contributed by atoms with Crippen molar-refractivity contribution in [3.05, 3.63) is 28.2 Å². The zero-order valence-corrected chi connectivity index (χ0v) is 10.2. The van der Waals surface area contributed by atoms with E-state index >= 15 is 0 Å². The molecule has 0 aliphatic heterocycles. The van der Waals surface area contributed by atoms with Gasteiger partial charge in [0.15, 0.2) is 5.69 Å². The SMILES string of the molecule is CNc1nc(C)c([N+](=O)[O-])c(-c2cnn(C)c2)n1. The van der Waals surface area contributed by atoms with Gasteiger partial charge < -0.3 is 5.32 Å². The lowest BCUT2D eigenvalue weighted by atomic mass is 10.2. The third kappa shape index (κ3) is 1.99. The molecule has 0 saturated carbocycles. The Labute approximate surface area is 103 Å². The van der Waals surface area contributed by atoms with Gasteiger partial charge in [-0.25, -0.2) is 9.97 Å². The first-order valence-electron chi connectivity index (χ1n) is 5.22. The zero-order valence-electron chi connectivity index (χ0n) is 10.2. The Morgan fingerprint density at radius 3 is 2.67 bits per heavy atom. The molecule has 0 aliphatic rings. The van der Waals surface area contributed by atoms with Crippen molar-refractivity contribution in [2.45, 2.75) is 6.92 Å². The topological polar surface area (TPSA) is 98.8 Å². The van der Waals surface area contributed by atoms with Gasteiger partial charge in [-0.05, 0) is 6.92 Å². The number of hydrogen-bond donors (Lipinski definition) is 1. The van der Waals surface area contributed by atoms with Crippen LogP contribution in [-0.4, -0.2) is 31.7 Å². The fourth-order valence-corrected chi connectivity index (χ4v) is 1.64. The maximum atomic E-state index is 11.1. The van der Waals surface area contributed by atoms with Crippen LogP contribution >= 0.6 is 0 Å². The second-order valence-electron chi connectivity index (χ2n) is 3.74. The molecule has 1 N–H and O–H groups in total. The summed E-state index contributed by atoms with van der Waals surface area (Å²) < 4.78 is 1.57. The van der Waals surface area contributed by atoms with Gasteiger partial charge in [0.1, 0.15) is 5.69 Å². The van der Waals surface area contributed by atoms with Crippen LogP contribution < -0.4 is 5.32 Å². The van der Waals surface area contributed by atoms with Crippen molar-refractivity contribution in [2.75, 3.05) is 12.4 Å². The minimum atomic E-state index is -0.475. The summed E-state index contributed by atoms with van der Waals surface area (Å²) in [6.07, 6.45) is 3.21. The molecule has 2 aromatic heterocycles. The van der Waals surface area contributed by atoms with Crippen molar-refractivity contribution in [1.82, 2.24) is 19.7 Å². The van der Waals surface area contributed by atoms with Gasteiger partial charge in [-0.2, -0.15) is 5.10 Å². The molecule has 94 valence electrons. The molecule has 2 aromatic rings. The van der Waals surface area contributed by atoms with E-state index < -0.39 is 4.92 Å². The van der Waals surface area contributed by atoms with Crippen LogP contribution in [0.3, 0.4) is 0 Å². The van der Waals surface area contributed by atoms with Gasteiger partial charge in [0, 0.05) is 25.9 Å². The van der Waals surface area contributed by atoms with Crippen LogP contribution in [0.5, 0.6) is 0 Å². The van der Waals surface area contributed by atoms with E-state index in [-0.39, 0.29) is 11.4 Å². The Hall–Kier alpha value is -2.51. The van der Waals surface area contributed by atoms with E-state index in [1.54, 1.807) is 31.9 Å². The summed E-state index contributed by atoms with van der Waals surface area (Å²) in [5, 5.41) is 17.9. The summed E-state index contributed by atoms with van der Waals surface area (Å²) in [5.41, 5.74) is 1.08. The number of anilines is 1. The second-order valence-corrected chi connectivity index (χ2v) is 3.74. The molecule has 8 nitrogen and oxygen atoms in total. The quantitative estimate of drug-likeness (QED) is 0.645. The average Bonchev–Trinajstić information content (AvgIpc) is 2.74. The van der Waals surface area contributed by atoms with Gasteiger partial charge in [-0.1, -0.05) is 0 Å². The first kappa shape index (κ1) is 12.0. The van der Waals surface area contributed by atoms with Crippen LogP contribution in [0.2, 0.25) is 0 Å². The first-order chi connectivity index (χ1) is 8.52. The zero-order chi connectivity index (χ0) is 13.3. The van der Waals surface area contributed by atoms with E-state index in [0.717, 1.165) is 0 Å². The lowest BCUT2D eigenvalue weighted by Crippen LogP contribution is -2.04. The Kier molecular flexibility index (Phi) is 2.92. The first-order valence-corrected chi connectivity index (χ1v) is 5.22. The third-order valence-corrected chi connectivity index (χ3v) is 2.44. The van der Waals surface area contributed by atoms with E-state index in [1.165, 1.54) is 6.20 Å². The molecule has 0 unspecified atom stereocenters. The van der Waals surface area contributed by atoms with Crippen molar-refractivity contribution in [2.24, 2.45) is 7.05 Å². The molecule has 0 saturated heterocycles. The summed E-state index contributed by atoms with van der Waals surface area (Å²) in [4.78, 5) is 18.8. The molecule has 0 spiro atoms. The molecule has 0 fully saturated rings. The van der Waals surface area contributed by atoms with Crippen molar-refractivity contribution in [1.29, 1.82) is 0 Å². The number of rotatable bonds is 3. The van der Waals surface area contributed by atoms with E-state index in [2.05, 4.69) is 20.4 Å². The summed E-state index contributed by atoms with van der Waals surface area (Å²) >= 11 is 0. The molecule has 0 atom stereocenters. The number of hydrogen-bond acceptors (Lipinski definition) is 6. The molecular formula is C10H12N6O2. The molecule has 0 aliphatic carbocycles. The van der Waals surface area contributed by atoms with E-state index in [1.807, 2.05) is 0 Å². The highest BCUT2D eigenvalue weighted by molar-refractivity contribution is 5.70. The number of nitrogens with zero attached hydrogens (tertiary/aromatic N) is 5. The molecule has 0 aromatic carbocycles. The maximum absolute atomic E-state index is 11.1. The number of aromatic nitrogens is 4. The van der Waals surface area contributed by atoms with Gasteiger partial charge in [0.25, 0.3) is 0 Å². The number of nitro groups is 1. The van der Waals surface area contributed by atoms with Crippen molar-refractivity contribution in [3.63, 3.8) is 0 Å². The lowest BCUT2D eigenvalue weighted by Gasteiger charge is -2.05. The molecule has 2 rings (SSSR count). The normalized spacial score (nSPS) is 10.4. The van der Waals surface area contributed by atoms with Gasteiger partial charge >= 0.3 is 5.69 Å². The summed E-state index contributed by atoms with van der Waals surface area (Å²) in [6, 6.07) is 0. The minimum Gasteiger partial charge on any atom is -0.357 e. The molecular weight excluding hydrogens is 236 g/mol. The van der Waals surface area contributed by atoms with E-state index in [9.17, 15) is 10.1 Å². The van der Waals surface area contributed by atoms with Crippen molar-refractivity contribution < 1.29 is 4.92 Å². The molecule has 18 heavy (non-hydrogen) atoms. The number of nitrogens with one attached hydrogen (secondary N) is 1. The smallest absolute Gasteiger partial charge is 0.316 e. The summed E-state index contributed by atoms with van der Waals surface area (Å²) in [6.45, 7) is 1.58. The predicted octanol–water partition coefficient (Wildman–Crippen LogP) is 1.14. The standard InChI is InChI=1S/C10H12N6O2/c1-6-9(16(17)18)8(14-10(11-2)13-6)7-4-12-15(3)5-7/h4-5H,1-3H3,(H,11,13,14). The third-order valence-electron chi connectivity index (χ3n) is 2.44. The molecule has 2 heterocycles. The monoisotopic (exact) mass is 248 g/mol. The Morgan fingerprint density at radius 1 is 1.44 bits per heavy atom. The van der Waals surface area contributed by atoms with Gasteiger partial charge in [-0.3, -0.25) is 14.8 Å². The Morgan fingerprint density at radius 2 is 2.17 bits per heavy atom. The molecule has 0 amide bonds. The van der Waals surface area contributed by atoms with E-state index in [4.69, 9.17) is 0 Å². The van der Waals surface area contributed by atoms with Crippen LogP contribution in [0, 0.1) is 17.0 Å². The number of aryl methyl sites for hydroxylation is 2. The fraction of sp³-hybridized carbons (Fsp3) is 0.300. The van der Waals surface area contributed by atoms with Gasteiger partial charge in [-0.15, -0.1) is 0 Å². The largest absolute Gasteiger partial charge is 0.357 e. The van der Waals surface area contributed by atoms with Crippen LogP contribution in [0.1, 0.15) is 5.69 Å². The minimum absolute atomic E-state index is 0.0954. The molecule has 0 bridgehead atoms. The van der Waals surface area contributed by atoms with E-state index in [0.29, 0.717) is 17.2 Å². The lowest BCUT2D eigenvalue weighted by molar-refractivity contribution is -0.385. The van der Waals surface area contributed by atoms with Crippen LogP contribution in [0.25, 0.3) is 11.3 Å². The molecule has 0 radical (unpaired) electrons. The summed E-state index contributed by atoms with van der Waals surface area (Å²) in [5.74, 6) is 0.344. The Bertz CT molecular complexity index is 606.